The SMILES string of the molecule is CN1CCCN(c2ncc(Oc3cc(CN4CC[C@@H]5[C@H](CC4)[C@H]5C(=O)O)cc(-c4cc(Cl)cc(Cl)c4)n3)cn2)CC1. The van der Waals surface area contributed by atoms with Gasteiger partial charge in [0, 0.05) is 47.9 Å². The van der Waals surface area contributed by atoms with Crippen LogP contribution in [0, 0.1) is 17.8 Å². The molecule has 3 aliphatic rings. The first-order valence-electron chi connectivity index (χ1n) is 14.2. The first-order valence-corrected chi connectivity index (χ1v) is 14.9. The van der Waals surface area contributed by atoms with Crippen LogP contribution in [0.2, 0.25) is 10.0 Å². The van der Waals surface area contributed by atoms with Crippen molar-refractivity contribution in [3.63, 3.8) is 0 Å². The lowest BCUT2D eigenvalue weighted by atomic mass is 10.1. The largest absolute Gasteiger partial charge is 0.481 e. The number of fused-ring (bicyclic) bond motifs is 1. The van der Waals surface area contributed by atoms with Crippen molar-refractivity contribution >= 4 is 35.1 Å². The van der Waals surface area contributed by atoms with Crippen LogP contribution >= 0.6 is 23.2 Å². The Morgan fingerprint density at radius 1 is 0.951 bits per heavy atom. The number of carbonyl (C=O) groups is 1. The highest BCUT2D eigenvalue weighted by Gasteiger charge is 2.54. The number of anilines is 1. The maximum Gasteiger partial charge on any atom is 0.307 e. The van der Waals surface area contributed by atoms with Gasteiger partial charge in [-0.25, -0.2) is 15.0 Å². The van der Waals surface area contributed by atoms with E-state index in [-0.39, 0.29) is 5.92 Å². The number of nitrogens with zero attached hydrogens (tertiary/aromatic N) is 6. The van der Waals surface area contributed by atoms with Crippen LogP contribution in [0.5, 0.6) is 11.6 Å². The van der Waals surface area contributed by atoms with Crippen LogP contribution in [-0.2, 0) is 11.3 Å². The smallest absolute Gasteiger partial charge is 0.307 e. The highest BCUT2D eigenvalue weighted by molar-refractivity contribution is 6.35. The Balaban J connectivity index is 1.21. The zero-order chi connectivity index (χ0) is 28.5. The van der Waals surface area contributed by atoms with Crippen molar-refractivity contribution in [1.82, 2.24) is 24.8 Å². The zero-order valence-electron chi connectivity index (χ0n) is 23.0. The molecule has 1 saturated carbocycles. The summed E-state index contributed by atoms with van der Waals surface area (Å²) >= 11 is 12.6. The van der Waals surface area contributed by atoms with Crippen molar-refractivity contribution in [2.45, 2.75) is 25.8 Å². The summed E-state index contributed by atoms with van der Waals surface area (Å²) in [4.78, 5) is 32.3. The number of carboxylic acids is 1. The summed E-state index contributed by atoms with van der Waals surface area (Å²) in [6.45, 7) is 6.30. The van der Waals surface area contributed by atoms with Gasteiger partial charge in [0.1, 0.15) is 0 Å². The van der Waals surface area contributed by atoms with Gasteiger partial charge in [-0.05, 0) is 87.6 Å². The van der Waals surface area contributed by atoms with Gasteiger partial charge in [0.25, 0.3) is 0 Å². The number of aliphatic carboxylic acids is 1. The molecule has 41 heavy (non-hydrogen) atoms. The van der Waals surface area contributed by atoms with E-state index in [1.165, 1.54) is 0 Å². The van der Waals surface area contributed by atoms with Crippen LogP contribution in [0.4, 0.5) is 5.95 Å². The average Bonchev–Trinajstić information content (AvgIpc) is 3.71. The monoisotopic (exact) mass is 596 g/mol. The fourth-order valence-electron chi connectivity index (χ4n) is 6.23. The molecule has 2 aromatic heterocycles. The van der Waals surface area contributed by atoms with E-state index in [0.717, 1.165) is 69.7 Å². The summed E-state index contributed by atoms with van der Waals surface area (Å²) in [6, 6.07) is 9.36. The molecule has 9 nitrogen and oxygen atoms in total. The van der Waals surface area contributed by atoms with Gasteiger partial charge in [0.2, 0.25) is 11.8 Å². The normalized spacial score (nSPS) is 23.4. The summed E-state index contributed by atoms with van der Waals surface area (Å²) < 4.78 is 6.19. The molecule has 3 aromatic rings. The number of carboxylic acid groups (broad SMARTS) is 1. The summed E-state index contributed by atoms with van der Waals surface area (Å²) in [7, 11) is 2.14. The number of hydrogen-bond donors (Lipinski definition) is 1. The Hall–Kier alpha value is -2.98. The molecule has 3 fully saturated rings. The van der Waals surface area contributed by atoms with Crippen molar-refractivity contribution in [3.05, 3.63) is 58.3 Å². The lowest BCUT2D eigenvalue weighted by molar-refractivity contribution is -0.139. The second-order valence-electron chi connectivity index (χ2n) is 11.4. The van der Waals surface area contributed by atoms with E-state index < -0.39 is 5.97 Å². The molecule has 0 spiro atoms. The summed E-state index contributed by atoms with van der Waals surface area (Å²) in [5, 5.41) is 10.5. The highest BCUT2D eigenvalue weighted by atomic mass is 35.5. The number of aromatic nitrogens is 3. The third-order valence-electron chi connectivity index (χ3n) is 8.44. The van der Waals surface area contributed by atoms with E-state index in [2.05, 4.69) is 31.7 Å². The number of hydrogen-bond acceptors (Lipinski definition) is 8. The van der Waals surface area contributed by atoms with Gasteiger partial charge in [-0.2, -0.15) is 0 Å². The van der Waals surface area contributed by atoms with Gasteiger partial charge in [0.15, 0.2) is 5.75 Å². The maximum atomic E-state index is 11.5. The average molecular weight is 598 g/mol. The fraction of sp³-hybridized carbons (Fsp3) is 0.467. The minimum Gasteiger partial charge on any atom is -0.481 e. The molecule has 1 N–H and O–H groups in total. The molecule has 11 heteroatoms. The van der Waals surface area contributed by atoms with E-state index in [4.69, 9.17) is 32.9 Å². The van der Waals surface area contributed by atoms with Gasteiger partial charge in [-0.15, -0.1) is 0 Å². The number of pyridine rings is 1. The van der Waals surface area contributed by atoms with E-state index >= 15 is 0 Å². The quantitative estimate of drug-likeness (QED) is 0.388. The minimum atomic E-state index is -0.648. The molecular weight excluding hydrogens is 563 g/mol. The molecule has 4 heterocycles. The first kappa shape index (κ1) is 28.2. The molecule has 2 saturated heterocycles. The second-order valence-corrected chi connectivity index (χ2v) is 12.2. The van der Waals surface area contributed by atoms with Crippen LogP contribution < -0.4 is 9.64 Å². The standard InChI is InChI=1S/C30H34Cl2N6O3/c1-36-5-2-6-38(10-9-36)30-33-16-23(17-34-30)41-27-12-19(11-26(35-27)20-13-21(31)15-22(32)14-20)18-37-7-3-24-25(4-8-37)28(24)29(39)40/h11-17,24-25,28H,2-10,18H2,1H3,(H,39,40)/t24-,25+,28+. The molecular formula is C30H34Cl2N6O3. The first-order chi connectivity index (χ1) is 19.8. The third-order valence-corrected chi connectivity index (χ3v) is 8.88. The Morgan fingerprint density at radius 3 is 2.34 bits per heavy atom. The molecule has 216 valence electrons. The molecule has 3 atom stereocenters. The van der Waals surface area contributed by atoms with E-state index in [1.807, 2.05) is 24.3 Å². The minimum absolute atomic E-state index is 0.161. The Labute approximate surface area is 250 Å². The molecule has 1 aliphatic carbocycles. The Bertz CT molecular complexity index is 1370. The number of likely N-dealkylation sites (N-methyl/N-ethyl adjacent to an activating group) is 1. The number of ether oxygens (including phenoxy) is 1. The van der Waals surface area contributed by atoms with Crippen molar-refractivity contribution in [1.29, 1.82) is 0 Å². The number of rotatable bonds is 7. The Morgan fingerprint density at radius 2 is 1.66 bits per heavy atom. The van der Waals surface area contributed by atoms with Crippen molar-refractivity contribution in [2.24, 2.45) is 17.8 Å². The maximum absolute atomic E-state index is 11.5. The molecule has 0 amide bonds. The lowest BCUT2D eigenvalue weighted by Crippen LogP contribution is -2.30. The van der Waals surface area contributed by atoms with Crippen molar-refractivity contribution < 1.29 is 14.6 Å². The topological polar surface area (TPSA) is 94.9 Å². The Kier molecular flexibility index (Phi) is 8.30. The van der Waals surface area contributed by atoms with Crippen LogP contribution in [0.3, 0.4) is 0 Å². The number of benzene rings is 1. The lowest BCUT2D eigenvalue weighted by Gasteiger charge is -2.22. The molecule has 0 unspecified atom stereocenters. The van der Waals surface area contributed by atoms with Crippen molar-refractivity contribution in [2.75, 3.05) is 51.2 Å². The summed E-state index contributed by atoms with van der Waals surface area (Å²) in [6.07, 6.45) is 6.28. The number of likely N-dealkylation sites (tertiary alicyclic amines) is 1. The zero-order valence-corrected chi connectivity index (χ0v) is 24.6. The summed E-state index contributed by atoms with van der Waals surface area (Å²) in [5.41, 5.74) is 2.54. The van der Waals surface area contributed by atoms with Crippen molar-refractivity contribution in [3.8, 4) is 22.9 Å². The van der Waals surface area contributed by atoms with Crippen LogP contribution in [0.15, 0.2) is 42.7 Å². The van der Waals surface area contributed by atoms with Gasteiger partial charge in [0.05, 0.1) is 24.0 Å². The van der Waals surface area contributed by atoms with Gasteiger partial charge in [-0.1, -0.05) is 23.2 Å². The highest BCUT2D eigenvalue weighted by Crippen LogP contribution is 2.52. The molecule has 2 aliphatic heterocycles. The summed E-state index contributed by atoms with van der Waals surface area (Å²) in [5.74, 6) is 1.44. The fourth-order valence-corrected chi connectivity index (χ4v) is 6.76. The van der Waals surface area contributed by atoms with Gasteiger partial charge >= 0.3 is 5.97 Å². The second kappa shape index (κ2) is 12.1. The third kappa shape index (κ3) is 6.75. The molecule has 6 rings (SSSR count). The van der Waals surface area contributed by atoms with E-state index in [0.29, 0.717) is 51.7 Å². The van der Waals surface area contributed by atoms with E-state index in [9.17, 15) is 9.90 Å². The van der Waals surface area contributed by atoms with Gasteiger partial charge < -0.3 is 19.6 Å². The predicted molar refractivity (Wildman–Crippen MR) is 159 cm³/mol. The van der Waals surface area contributed by atoms with Crippen LogP contribution in [0.1, 0.15) is 24.8 Å². The molecule has 1 aromatic carbocycles. The molecule has 0 bridgehead atoms. The van der Waals surface area contributed by atoms with Crippen LogP contribution in [0.25, 0.3) is 11.3 Å². The van der Waals surface area contributed by atoms with Gasteiger partial charge in [-0.3, -0.25) is 9.69 Å². The van der Waals surface area contributed by atoms with E-state index in [1.54, 1.807) is 18.5 Å². The number of halogens is 2. The van der Waals surface area contributed by atoms with Crippen LogP contribution in [-0.4, -0.2) is 82.1 Å². The molecule has 0 radical (unpaired) electrons. The predicted octanol–water partition coefficient (Wildman–Crippen LogP) is 5.32.